The SMILES string of the molecule is CCOC(=O)c1[nH]c(C)c(S(=O)(=O)NCCC(C)O)c1C. The molecule has 0 aromatic carbocycles. The second-order valence-electron chi connectivity index (χ2n) is 4.84. The molecule has 0 fully saturated rings. The summed E-state index contributed by atoms with van der Waals surface area (Å²) in [6.07, 6.45) is -0.275. The molecule has 1 aromatic rings. The third-order valence-electron chi connectivity index (χ3n) is 2.97. The topological polar surface area (TPSA) is 108 Å². The summed E-state index contributed by atoms with van der Waals surface area (Å²) in [5, 5.41) is 9.16. The number of aromatic nitrogens is 1. The number of aliphatic hydroxyl groups excluding tert-OH is 1. The van der Waals surface area contributed by atoms with E-state index in [1.807, 2.05) is 0 Å². The predicted molar refractivity (Wildman–Crippen MR) is 77.7 cm³/mol. The van der Waals surface area contributed by atoms with Gasteiger partial charge in [-0.1, -0.05) is 0 Å². The van der Waals surface area contributed by atoms with Crippen molar-refractivity contribution in [3.63, 3.8) is 0 Å². The van der Waals surface area contributed by atoms with E-state index in [1.165, 1.54) is 0 Å². The molecule has 0 bridgehead atoms. The average Bonchev–Trinajstić information content (AvgIpc) is 2.64. The number of esters is 1. The van der Waals surface area contributed by atoms with E-state index in [4.69, 9.17) is 9.84 Å². The van der Waals surface area contributed by atoms with E-state index in [9.17, 15) is 13.2 Å². The molecule has 0 aliphatic carbocycles. The molecular weight excluding hydrogens is 296 g/mol. The van der Waals surface area contributed by atoms with Gasteiger partial charge in [0.15, 0.2) is 0 Å². The first-order valence-corrected chi connectivity index (χ1v) is 8.23. The number of H-pyrrole nitrogens is 1. The molecule has 1 heterocycles. The summed E-state index contributed by atoms with van der Waals surface area (Å²) in [4.78, 5) is 14.6. The van der Waals surface area contributed by atoms with E-state index in [-0.39, 0.29) is 23.7 Å². The van der Waals surface area contributed by atoms with Crippen LogP contribution in [-0.4, -0.2) is 43.7 Å². The number of ether oxygens (including phenoxy) is 1. The minimum absolute atomic E-state index is 0.0520. The van der Waals surface area contributed by atoms with Gasteiger partial charge in [-0.25, -0.2) is 17.9 Å². The van der Waals surface area contributed by atoms with Crippen molar-refractivity contribution in [2.45, 2.75) is 45.1 Å². The number of carbonyl (C=O) groups excluding carboxylic acids is 1. The Hall–Kier alpha value is -1.38. The molecular formula is C13H22N2O5S. The zero-order valence-electron chi connectivity index (χ0n) is 12.7. The molecule has 0 amide bonds. The summed E-state index contributed by atoms with van der Waals surface area (Å²) in [7, 11) is -3.75. The molecule has 0 aliphatic rings. The van der Waals surface area contributed by atoms with Crippen molar-refractivity contribution in [1.82, 2.24) is 9.71 Å². The standard InChI is InChI=1S/C13H22N2O5S/c1-5-20-13(17)11-9(3)12(10(4)15-11)21(18,19)14-7-6-8(2)16/h8,14-16H,5-7H2,1-4H3. The van der Waals surface area contributed by atoms with E-state index in [0.717, 1.165) is 0 Å². The molecule has 1 unspecified atom stereocenters. The van der Waals surface area contributed by atoms with E-state index < -0.39 is 22.1 Å². The van der Waals surface area contributed by atoms with Crippen LogP contribution in [-0.2, 0) is 14.8 Å². The molecule has 1 atom stereocenters. The van der Waals surface area contributed by atoms with Crippen LogP contribution in [0.1, 0.15) is 42.0 Å². The Labute approximate surface area is 124 Å². The summed E-state index contributed by atoms with van der Waals surface area (Å²) in [5.41, 5.74) is 0.848. The van der Waals surface area contributed by atoms with E-state index in [0.29, 0.717) is 17.7 Å². The number of rotatable bonds is 7. The fourth-order valence-electron chi connectivity index (χ4n) is 2.02. The fourth-order valence-corrected chi connectivity index (χ4v) is 3.51. The second-order valence-corrected chi connectivity index (χ2v) is 6.54. The van der Waals surface area contributed by atoms with Crippen molar-refractivity contribution in [2.75, 3.05) is 13.2 Å². The Balaban J connectivity index is 3.05. The van der Waals surface area contributed by atoms with E-state index in [2.05, 4.69) is 9.71 Å². The van der Waals surface area contributed by atoms with Crippen LogP contribution in [0.15, 0.2) is 4.90 Å². The highest BCUT2D eigenvalue weighted by molar-refractivity contribution is 7.89. The number of carbonyl (C=O) groups is 1. The maximum atomic E-state index is 12.3. The van der Waals surface area contributed by atoms with Gasteiger partial charge in [0.25, 0.3) is 0 Å². The second kappa shape index (κ2) is 7.06. The van der Waals surface area contributed by atoms with Gasteiger partial charge in [-0.15, -0.1) is 0 Å². The maximum Gasteiger partial charge on any atom is 0.355 e. The van der Waals surface area contributed by atoms with Crippen LogP contribution in [0.5, 0.6) is 0 Å². The molecule has 120 valence electrons. The highest BCUT2D eigenvalue weighted by atomic mass is 32.2. The first-order valence-electron chi connectivity index (χ1n) is 6.74. The van der Waals surface area contributed by atoms with Gasteiger partial charge in [-0.3, -0.25) is 0 Å². The van der Waals surface area contributed by atoms with Crippen molar-refractivity contribution in [1.29, 1.82) is 0 Å². The zero-order valence-corrected chi connectivity index (χ0v) is 13.5. The third-order valence-corrected chi connectivity index (χ3v) is 4.71. The molecule has 1 aromatic heterocycles. The highest BCUT2D eigenvalue weighted by Gasteiger charge is 2.26. The molecule has 8 heteroatoms. The number of sulfonamides is 1. The Morgan fingerprint density at radius 2 is 2.05 bits per heavy atom. The number of aliphatic hydroxyl groups is 1. The van der Waals surface area contributed by atoms with Crippen LogP contribution in [0.25, 0.3) is 0 Å². The zero-order chi connectivity index (χ0) is 16.2. The van der Waals surface area contributed by atoms with Crippen molar-refractivity contribution in [3.8, 4) is 0 Å². The Morgan fingerprint density at radius 1 is 1.43 bits per heavy atom. The van der Waals surface area contributed by atoms with Gasteiger partial charge >= 0.3 is 5.97 Å². The Bertz CT molecular complexity index is 604. The number of hydrogen-bond acceptors (Lipinski definition) is 5. The molecule has 0 spiro atoms. The Morgan fingerprint density at radius 3 is 2.57 bits per heavy atom. The van der Waals surface area contributed by atoms with Gasteiger partial charge in [-0.05, 0) is 34.1 Å². The lowest BCUT2D eigenvalue weighted by atomic mass is 10.2. The summed E-state index contributed by atoms with van der Waals surface area (Å²) in [6.45, 7) is 6.74. The smallest absolute Gasteiger partial charge is 0.355 e. The van der Waals surface area contributed by atoms with Crippen LogP contribution in [0.3, 0.4) is 0 Å². The van der Waals surface area contributed by atoms with Crippen LogP contribution < -0.4 is 4.72 Å². The maximum absolute atomic E-state index is 12.3. The molecule has 0 radical (unpaired) electrons. The molecule has 1 rings (SSSR count). The number of hydrogen-bond donors (Lipinski definition) is 3. The highest BCUT2D eigenvalue weighted by Crippen LogP contribution is 2.23. The van der Waals surface area contributed by atoms with Crippen LogP contribution in [0.4, 0.5) is 0 Å². The van der Waals surface area contributed by atoms with Gasteiger partial charge in [0.1, 0.15) is 10.6 Å². The first kappa shape index (κ1) is 17.7. The van der Waals surface area contributed by atoms with Crippen molar-refractivity contribution in [3.05, 3.63) is 17.0 Å². The lowest BCUT2D eigenvalue weighted by molar-refractivity contribution is 0.0519. The number of aryl methyl sites for hydroxylation is 1. The largest absolute Gasteiger partial charge is 0.461 e. The minimum Gasteiger partial charge on any atom is -0.461 e. The quantitative estimate of drug-likeness (QED) is 0.646. The van der Waals surface area contributed by atoms with Crippen LogP contribution in [0, 0.1) is 13.8 Å². The molecule has 0 aliphatic heterocycles. The average molecular weight is 318 g/mol. The van der Waals surface area contributed by atoms with Crippen molar-refractivity contribution in [2.24, 2.45) is 0 Å². The van der Waals surface area contributed by atoms with Crippen LogP contribution in [0.2, 0.25) is 0 Å². The van der Waals surface area contributed by atoms with E-state index >= 15 is 0 Å². The molecule has 3 N–H and O–H groups in total. The summed E-state index contributed by atoms with van der Waals surface area (Å²) >= 11 is 0. The predicted octanol–water partition coefficient (Wildman–Crippen LogP) is 0.857. The van der Waals surface area contributed by atoms with Gasteiger partial charge in [0.2, 0.25) is 10.0 Å². The van der Waals surface area contributed by atoms with Gasteiger partial charge in [-0.2, -0.15) is 0 Å². The minimum atomic E-state index is -3.75. The van der Waals surface area contributed by atoms with E-state index in [1.54, 1.807) is 27.7 Å². The summed E-state index contributed by atoms with van der Waals surface area (Å²) in [5.74, 6) is -0.580. The molecule has 7 nitrogen and oxygen atoms in total. The summed E-state index contributed by atoms with van der Waals surface area (Å²) in [6, 6.07) is 0. The number of nitrogens with one attached hydrogen (secondary N) is 2. The summed E-state index contributed by atoms with van der Waals surface area (Å²) < 4.78 is 31.9. The lowest BCUT2D eigenvalue weighted by Gasteiger charge is -2.08. The first-order chi connectivity index (χ1) is 9.70. The monoisotopic (exact) mass is 318 g/mol. The van der Waals surface area contributed by atoms with Gasteiger partial charge in [0.05, 0.1) is 12.7 Å². The number of aromatic amines is 1. The van der Waals surface area contributed by atoms with Gasteiger partial charge < -0.3 is 14.8 Å². The lowest BCUT2D eigenvalue weighted by Crippen LogP contribution is -2.27. The molecule has 21 heavy (non-hydrogen) atoms. The van der Waals surface area contributed by atoms with Gasteiger partial charge in [0, 0.05) is 17.8 Å². The third kappa shape index (κ3) is 4.29. The van der Waals surface area contributed by atoms with Crippen molar-refractivity contribution >= 4 is 16.0 Å². The normalized spacial score (nSPS) is 13.2. The fraction of sp³-hybridized carbons (Fsp3) is 0.615. The van der Waals surface area contributed by atoms with Crippen molar-refractivity contribution < 1.29 is 23.1 Å². The van der Waals surface area contributed by atoms with Crippen LogP contribution >= 0.6 is 0 Å². The Kier molecular flexibility index (Phi) is 5.94. The molecule has 0 saturated carbocycles. The molecule has 0 saturated heterocycles.